The molecule has 4 atom stereocenters. The molecule has 3 aromatic rings. The Bertz CT molecular complexity index is 1270. The zero-order valence-electron chi connectivity index (χ0n) is 16.5. The Labute approximate surface area is 173 Å². The van der Waals surface area contributed by atoms with Gasteiger partial charge in [-0.05, 0) is 36.1 Å². The van der Waals surface area contributed by atoms with Gasteiger partial charge in [0.1, 0.15) is 0 Å². The lowest BCUT2D eigenvalue weighted by Crippen LogP contribution is -2.44. The predicted molar refractivity (Wildman–Crippen MR) is 114 cm³/mol. The molecule has 1 saturated carbocycles. The lowest BCUT2D eigenvalue weighted by atomic mass is 9.72. The third-order valence-electron chi connectivity index (χ3n) is 6.83. The van der Waals surface area contributed by atoms with Crippen molar-refractivity contribution < 1.29 is 14.3 Å². The summed E-state index contributed by atoms with van der Waals surface area (Å²) in [5, 5.41) is 0.995. The van der Waals surface area contributed by atoms with Crippen molar-refractivity contribution in [2.24, 2.45) is 16.8 Å². The van der Waals surface area contributed by atoms with Crippen LogP contribution in [0.5, 0.6) is 0 Å². The molecule has 1 spiro atoms. The molecule has 3 aliphatic rings. The largest absolute Gasteiger partial charge is 0.405 e. The van der Waals surface area contributed by atoms with Crippen LogP contribution in [0.2, 0.25) is 0 Å². The number of carbonyl (C=O) groups excluding carboxylic acids is 2. The van der Waals surface area contributed by atoms with Gasteiger partial charge in [0.05, 0.1) is 5.52 Å². The molecule has 2 heterocycles. The van der Waals surface area contributed by atoms with Gasteiger partial charge >= 0.3 is 5.97 Å². The van der Waals surface area contributed by atoms with E-state index in [2.05, 4.69) is 12.2 Å². The van der Waals surface area contributed by atoms with Gasteiger partial charge in [0, 0.05) is 35.9 Å². The first kappa shape index (κ1) is 17.4. The molecule has 1 aromatic heterocycles. The molecule has 0 saturated heterocycles. The number of aliphatic imine (C=N–C) groups is 1. The van der Waals surface area contributed by atoms with Crippen molar-refractivity contribution in [1.82, 2.24) is 4.57 Å². The lowest BCUT2D eigenvalue weighted by molar-refractivity contribution is -0.140. The van der Waals surface area contributed by atoms with Crippen LogP contribution >= 0.6 is 0 Å². The smallest absolute Gasteiger partial charge is 0.342 e. The molecule has 2 unspecified atom stereocenters. The fourth-order valence-corrected chi connectivity index (χ4v) is 5.58. The molecular weight excluding hydrogens is 376 g/mol. The minimum atomic E-state index is -0.976. The van der Waals surface area contributed by atoms with Gasteiger partial charge in [0.25, 0.3) is 0 Å². The molecule has 2 aromatic carbocycles. The molecule has 6 rings (SSSR count). The van der Waals surface area contributed by atoms with Crippen LogP contribution in [0.4, 0.5) is 0 Å². The molecule has 5 heteroatoms. The van der Waals surface area contributed by atoms with Crippen LogP contribution in [0.15, 0.2) is 77.9 Å². The third-order valence-corrected chi connectivity index (χ3v) is 6.83. The summed E-state index contributed by atoms with van der Waals surface area (Å²) in [5.41, 5.74) is 1.68. The number of nitrogens with zero attached hydrogens (tertiary/aromatic N) is 2. The maximum Gasteiger partial charge on any atom is 0.342 e. The normalized spacial score (nSPS) is 29.0. The highest BCUT2D eigenvalue weighted by Gasteiger charge is 2.65. The van der Waals surface area contributed by atoms with E-state index in [9.17, 15) is 9.59 Å². The van der Waals surface area contributed by atoms with E-state index in [4.69, 9.17) is 9.73 Å². The van der Waals surface area contributed by atoms with Crippen molar-refractivity contribution in [3.8, 4) is 0 Å². The van der Waals surface area contributed by atoms with Crippen molar-refractivity contribution in [2.45, 2.75) is 24.8 Å². The lowest BCUT2D eigenvalue weighted by Gasteiger charge is -2.32. The molecule has 30 heavy (non-hydrogen) atoms. The number of aromatic nitrogens is 1. The number of carbonyl (C=O) groups is 2. The highest BCUT2D eigenvalue weighted by Crippen LogP contribution is 2.60. The maximum absolute atomic E-state index is 13.4. The molecule has 0 amide bonds. The average molecular weight is 396 g/mol. The number of benzene rings is 2. The van der Waals surface area contributed by atoms with Crippen molar-refractivity contribution in [1.29, 1.82) is 0 Å². The number of esters is 1. The molecule has 1 aliphatic heterocycles. The van der Waals surface area contributed by atoms with Gasteiger partial charge in [-0.25, -0.2) is 9.79 Å². The average Bonchev–Trinajstić information content (AvgIpc) is 3.51. The number of cyclic esters (lactones) is 1. The fraction of sp³-hybridized carbons (Fsp3) is 0.240. The number of rotatable bonds is 2. The van der Waals surface area contributed by atoms with Crippen LogP contribution in [0, 0.1) is 11.8 Å². The number of ether oxygens (including phenoxy) is 1. The van der Waals surface area contributed by atoms with E-state index >= 15 is 0 Å². The molecular formula is C25H20N2O3. The van der Waals surface area contributed by atoms with Gasteiger partial charge in [-0.2, -0.15) is 0 Å². The van der Waals surface area contributed by atoms with Gasteiger partial charge in [0.15, 0.2) is 5.54 Å². The first-order chi connectivity index (χ1) is 14.6. The summed E-state index contributed by atoms with van der Waals surface area (Å²) >= 11 is 0. The molecule has 1 fully saturated rings. The van der Waals surface area contributed by atoms with E-state index in [1.807, 2.05) is 60.8 Å². The first-order valence-electron chi connectivity index (χ1n) is 10.3. The third kappa shape index (κ3) is 2.15. The van der Waals surface area contributed by atoms with E-state index in [0.29, 0.717) is 5.90 Å². The van der Waals surface area contributed by atoms with Gasteiger partial charge in [-0.1, -0.05) is 48.6 Å². The summed E-state index contributed by atoms with van der Waals surface area (Å²) in [6.45, 7) is 1.56. The Balaban J connectivity index is 1.57. The quantitative estimate of drug-likeness (QED) is 0.478. The number of hydrogen-bond acceptors (Lipinski definition) is 4. The minimum absolute atomic E-state index is 0.000604. The number of fused-ring (bicyclic) bond motifs is 4. The van der Waals surface area contributed by atoms with Gasteiger partial charge in [-0.15, -0.1) is 0 Å². The second-order valence-electron chi connectivity index (χ2n) is 8.36. The minimum Gasteiger partial charge on any atom is -0.405 e. The van der Waals surface area contributed by atoms with E-state index in [1.54, 1.807) is 11.5 Å². The molecule has 5 nitrogen and oxygen atoms in total. The SMILES string of the molecule is CC(=O)n1cc([C@H]2C3C=CC(C3)[C@@]23N=C(c2ccccc2)OC3=O)c2ccccc21. The second kappa shape index (κ2) is 6.02. The Morgan fingerprint density at radius 2 is 1.87 bits per heavy atom. The molecule has 0 N–H and O–H groups in total. The zero-order valence-corrected chi connectivity index (χ0v) is 16.5. The van der Waals surface area contributed by atoms with Crippen molar-refractivity contribution in [2.75, 3.05) is 0 Å². The summed E-state index contributed by atoms with van der Waals surface area (Å²) in [4.78, 5) is 30.7. The summed E-state index contributed by atoms with van der Waals surface area (Å²) in [5.74, 6) is 0.0809. The monoisotopic (exact) mass is 396 g/mol. The summed E-state index contributed by atoms with van der Waals surface area (Å²) in [7, 11) is 0. The Morgan fingerprint density at radius 1 is 1.10 bits per heavy atom. The van der Waals surface area contributed by atoms with Crippen molar-refractivity contribution >= 4 is 28.7 Å². The Hall–Kier alpha value is -3.47. The molecule has 148 valence electrons. The van der Waals surface area contributed by atoms with Gasteiger partial charge in [-0.3, -0.25) is 9.36 Å². The molecule has 0 radical (unpaired) electrons. The Kier molecular flexibility index (Phi) is 3.49. The van der Waals surface area contributed by atoms with Crippen LogP contribution in [0.25, 0.3) is 10.9 Å². The standard InChI is InChI=1S/C25H20N2O3/c1-15(28)27-14-20(19-9-5-6-10-21(19)27)22-17-11-12-18(13-17)25(22)24(29)30-23(26-25)16-7-3-2-4-8-16/h2-12,14,17-18,22H,13H2,1H3/t17?,18?,22-,25-/m1/s1. The van der Waals surface area contributed by atoms with E-state index in [-0.39, 0.29) is 29.6 Å². The topological polar surface area (TPSA) is 60.7 Å². The van der Waals surface area contributed by atoms with Crippen LogP contribution in [-0.2, 0) is 9.53 Å². The van der Waals surface area contributed by atoms with E-state index in [0.717, 1.165) is 28.5 Å². The highest BCUT2D eigenvalue weighted by atomic mass is 16.6. The van der Waals surface area contributed by atoms with Crippen LogP contribution < -0.4 is 0 Å². The second-order valence-corrected chi connectivity index (χ2v) is 8.36. The highest BCUT2D eigenvalue weighted by molar-refractivity contribution is 6.09. The number of para-hydroxylation sites is 1. The zero-order chi connectivity index (χ0) is 20.5. The van der Waals surface area contributed by atoms with Crippen molar-refractivity contribution in [3.05, 3.63) is 84.1 Å². The Morgan fingerprint density at radius 3 is 2.67 bits per heavy atom. The molecule has 2 bridgehead atoms. The first-order valence-corrected chi connectivity index (χ1v) is 10.3. The van der Waals surface area contributed by atoms with Gasteiger partial charge < -0.3 is 4.74 Å². The van der Waals surface area contributed by atoms with Crippen LogP contribution in [0.3, 0.4) is 0 Å². The van der Waals surface area contributed by atoms with Gasteiger partial charge in [0.2, 0.25) is 11.8 Å². The van der Waals surface area contributed by atoms with Crippen LogP contribution in [0.1, 0.15) is 35.2 Å². The van der Waals surface area contributed by atoms with E-state index in [1.165, 1.54) is 0 Å². The fourth-order valence-electron chi connectivity index (χ4n) is 5.58. The summed E-state index contributed by atoms with van der Waals surface area (Å²) in [6, 6.07) is 17.4. The summed E-state index contributed by atoms with van der Waals surface area (Å²) < 4.78 is 7.44. The predicted octanol–water partition coefficient (Wildman–Crippen LogP) is 4.33. The number of hydrogen-bond donors (Lipinski definition) is 0. The van der Waals surface area contributed by atoms with Crippen LogP contribution in [-0.4, -0.2) is 27.9 Å². The van der Waals surface area contributed by atoms with E-state index < -0.39 is 5.54 Å². The van der Waals surface area contributed by atoms with Crippen molar-refractivity contribution in [3.63, 3.8) is 0 Å². The number of allylic oxidation sites excluding steroid dienone is 1. The summed E-state index contributed by atoms with van der Waals surface area (Å²) in [6.07, 6.45) is 7.08. The molecule has 2 aliphatic carbocycles. The maximum atomic E-state index is 13.4.